The average Bonchev–Trinajstić information content (AvgIpc) is 3.11. The van der Waals surface area contributed by atoms with Crippen LogP contribution in [0.15, 0.2) is 18.3 Å². The maximum Gasteiger partial charge on any atom is 0.348 e. The molecular weight excluding hydrogens is 412 g/mol. The van der Waals surface area contributed by atoms with Gasteiger partial charge in [-0.25, -0.2) is 19.7 Å². The van der Waals surface area contributed by atoms with Crippen LogP contribution in [0.4, 0.5) is 11.6 Å². The SMILES string of the molecule is CCOC(=O)c1sc2nc(C)nc(NC3CCN(c4ccc(C#N)cn4)CC3)c2c1C. The first-order valence-corrected chi connectivity index (χ1v) is 11.1. The van der Waals surface area contributed by atoms with Crippen molar-refractivity contribution in [2.24, 2.45) is 0 Å². The van der Waals surface area contributed by atoms with E-state index >= 15 is 0 Å². The molecule has 0 saturated carbocycles. The molecule has 1 fully saturated rings. The van der Waals surface area contributed by atoms with Gasteiger partial charge in [-0.05, 0) is 51.3 Å². The second-order valence-electron chi connectivity index (χ2n) is 7.50. The number of fused-ring (bicyclic) bond motifs is 1. The molecule has 3 aromatic rings. The highest BCUT2D eigenvalue weighted by Gasteiger charge is 2.24. The summed E-state index contributed by atoms with van der Waals surface area (Å²) in [4.78, 5) is 29.5. The number of thiophene rings is 1. The van der Waals surface area contributed by atoms with Gasteiger partial charge in [0.25, 0.3) is 0 Å². The van der Waals surface area contributed by atoms with Gasteiger partial charge in [0.05, 0.1) is 17.6 Å². The first kappa shape index (κ1) is 21.0. The van der Waals surface area contributed by atoms with Crippen LogP contribution in [-0.2, 0) is 4.74 Å². The summed E-state index contributed by atoms with van der Waals surface area (Å²) in [5, 5.41) is 13.4. The smallest absolute Gasteiger partial charge is 0.348 e. The normalized spacial score (nSPS) is 14.5. The Hall–Kier alpha value is -3.25. The Balaban J connectivity index is 1.51. The molecule has 9 heteroatoms. The number of pyridine rings is 1. The van der Waals surface area contributed by atoms with E-state index in [9.17, 15) is 4.79 Å². The highest BCUT2D eigenvalue weighted by molar-refractivity contribution is 7.20. The summed E-state index contributed by atoms with van der Waals surface area (Å²) in [5.41, 5.74) is 1.43. The molecule has 0 amide bonds. The Kier molecular flexibility index (Phi) is 6.00. The van der Waals surface area contributed by atoms with Crippen LogP contribution in [-0.4, -0.2) is 46.7 Å². The quantitative estimate of drug-likeness (QED) is 0.602. The van der Waals surface area contributed by atoms with E-state index in [2.05, 4.69) is 31.2 Å². The molecule has 0 bridgehead atoms. The Morgan fingerprint density at radius 3 is 2.74 bits per heavy atom. The van der Waals surface area contributed by atoms with E-state index in [1.165, 1.54) is 11.3 Å². The number of esters is 1. The van der Waals surface area contributed by atoms with Crippen molar-refractivity contribution in [1.29, 1.82) is 5.26 Å². The number of nitrogens with zero attached hydrogens (tertiary/aromatic N) is 5. The molecule has 160 valence electrons. The van der Waals surface area contributed by atoms with Crippen molar-refractivity contribution < 1.29 is 9.53 Å². The van der Waals surface area contributed by atoms with Gasteiger partial charge in [-0.2, -0.15) is 5.26 Å². The number of anilines is 2. The Morgan fingerprint density at radius 1 is 1.32 bits per heavy atom. The first-order valence-electron chi connectivity index (χ1n) is 10.3. The standard InChI is InChI=1S/C22H24N6O2S/c1-4-30-22(29)19-13(2)18-20(25-14(3)26-21(18)31-19)27-16-7-9-28(10-8-16)17-6-5-15(11-23)12-24-17/h5-6,12,16H,4,7-10H2,1-3H3,(H,25,26,27). The highest BCUT2D eigenvalue weighted by Crippen LogP contribution is 2.35. The van der Waals surface area contributed by atoms with Crippen molar-refractivity contribution in [1.82, 2.24) is 15.0 Å². The maximum atomic E-state index is 12.3. The number of ether oxygens (including phenoxy) is 1. The molecule has 1 aliphatic rings. The van der Waals surface area contributed by atoms with Crippen LogP contribution in [0, 0.1) is 25.2 Å². The summed E-state index contributed by atoms with van der Waals surface area (Å²) in [7, 11) is 0. The van der Waals surface area contributed by atoms with Gasteiger partial charge in [-0.3, -0.25) is 0 Å². The predicted molar refractivity (Wildman–Crippen MR) is 121 cm³/mol. The second kappa shape index (κ2) is 8.86. The minimum absolute atomic E-state index is 0.262. The van der Waals surface area contributed by atoms with E-state index in [-0.39, 0.29) is 12.0 Å². The fourth-order valence-corrected chi connectivity index (χ4v) is 4.95. The highest BCUT2D eigenvalue weighted by atomic mass is 32.1. The van der Waals surface area contributed by atoms with Gasteiger partial charge in [0, 0.05) is 25.3 Å². The van der Waals surface area contributed by atoms with Crippen LogP contribution >= 0.6 is 11.3 Å². The molecule has 1 N–H and O–H groups in total. The first-order chi connectivity index (χ1) is 15.0. The average molecular weight is 437 g/mol. The molecule has 8 nitrogen and oxygen atoms in total. The predicted octanol–water partition coefficient (Wildman–Crippen LogP) is 3.83. The number of aryl methyl sites for hydroxylation is 2. The lowest BCUT2D eigenvalue weighted by molar-refractivity contribution is 0.0531. The molecule has 31 heavy (non-hydrogen) atoms. The van der Waals surface area contributed by atoms with Crippen LogP contribution in [0.3, 0.4) is 0 Å². The monoisotopic (exact) mass is 436 g/mol. The molecule has 1 aliphatic heterocycles. The lowest BCUT2D eigenvalue weighted by Crippen LogP contribution is -2.39. The molecule has 4 rings (SSSR count). The summed E-state index contributed by atoms with van der Waals surface area (Å²) >= 11 is 1.36. The fourth-order valence-electron chi connectivity index (χ4n) is 3.83. The number of hydrogen-bond donors (Lipinski definition) is 1. The molecule has 0 aromatic carbocycles. The van der Waals surface area contributed by atoms with Crippen molar-refractivity contribution >= 4 is 39.2 Å². The summed E-state index contributed by atoms with van der Waals surface area (Å²) in [6, 6.07) is 6.06. The number of carbonyl (C=O) groups excluding carboxylic acids is 1. The molecule has 0 radical (unpaired) electrons. The Bertz CT molecular complexity index is 1140. The van der Waals surface area contributed by atoms with E-state index in [1.54, 1.807) is 19.2 Å². The van der Waals surface area contributed by atoms with Crippen molar-refractivity contribution in [3.05, 3.63) is 40.2 Å². The Labute approximate surface area is 184 Å². The maximum absolute atomic E-state index is 12.3. The molecule has 4 heterocycles. The number of nitriles is 1. The topological polar surface area (TPSA) is 104 Å². The number of nitrogens with one attached hydrogen (secondary N) is 1. The molecule has 3 aromatic heterocycles. The number of aromatic nitrogens is 3. The molecule has 0 unspecified atom stereocenters. The van der Waals surface area contributed by atoms with Gasteiger partial charge in [-0.15, -0.1) is 11.3 Å². The number of piperidine rings is 1. The van der Waals surface area contributed by atoms with Crippen LogP contribution < -0.4 is 10.2 Å². The van der Waals surface area contributed by atoms with E-state index in [4.69, 9.17) is 10.00 Å². The lowest BCUT2D eigenvalue weighted by Gasteiger charge is -2.33. The van der Waals surface area contributed by atoms with E-state index in [0.717, 1.165) is 53.3 Å². The largest absolute Gasteiger partial charge is 0.462 e. The number of hydrogen-bond acceptors (Lipinski definition) is 9. The van der Waals surface area contributed by atoms with Gasteiger partial charge in [0.15, 0.2) is 0 Å². The van der Waals surface area contributed by atoms with Crippen LogP contribution in [0.5, 0.6) is 0 Å². The van der Waals surface area contributed by atoms with Gasteiger partial charge in [0.2, 0.25) is 0 Å². The van der Waals surface area contributed by atoms with Gasteiger partial charge in [0.1, 0.15) is 33.2 Å². The van der Waals surface area contributed by atoms with Crippen molar-refractivity contribution in [3.63, 3.8) is 0 Å². The third kappa shape index (κ3) is 4.30. The molecule has 0 atom stereocenters. The van der Waals surface area contributed by atoms with Crippen LogP contribution in [0.2, 0.25) is 0 Å². The van der Waals surface area contributed by atoms with Gasteiger partial charge >= 0.3 is 5.97 Å². The zero-order valence-corrected chi connectivity index (χ0v) is 18.6. The van der Waals surface area contributed by atoms with E-state index < -0.39 is 0 Å². The third-order valence-electron chi connectivity index (χ3n) is 5.40. The lowest BCUT2D eigenvalue weighted by atomic mass is 10.0. The third-order valence-corrected chi connectivity index (χ3v) is 6.57. The van der Waals surface area contributed by atoms with E-state index in [1.807, 2.05) is 19.9 Å². The Morgan fingerprint density at radius 2 is 2.10 bits per heavy atom. The van der Waals surface area contributed by atoms with Crippen LogP contribution in [0.1, 0.15) is 46.4 Å². The number of rotatable bonds is 5. The minimum Gasteiger partial charge on any atom is -0.462 e. The van der Waals surface area contributed by atoms with Crippen molar-refractivity contribution in [3.8, 4) is 6.07 Å². The van der Waals surface area contributed by atoms with Crippen LogP contribution in [0.25, 0.3) is 10.2 Å². The zero-order valence-electron chi connectivity index (χ0n) is 17.8. The summed E-state index contributed by atoms with van der Waals surface area (Å²) in [6.45, 7) is 7.66. The van der Waals surface area contributed by atoms with Gasteiger partial charge < -0.3 is 15.0 Å². The zero-order chi connectivity index (χ0) is 22.0. The van der Waals surface area contributed by atoms with Crippen molar-refractivity contribution in [2.75, 3.05) is 29.9 Å². The fraction of sp³-hybridized carbons (Fsp3) is 0.409. The molecule has 1 saturated heterocycles. The molecular formula is C22H24N6O2S. The van der Waals surface area contributed by atoms with E-state index in [0.29, 0.717) is 22.9 Å². The second-order valence-corrected chi connectivity index (χ2v) is 8.50. The van der Waals surface area contributed by atoms with Crippen molar-refractivity contribution in [2.45, 2.75) is 39.7 Å². The summed E-state index contributed by atoms with van der Waals surface area (Å²) in [6.07, 6.45) is 3.47. The molecule has 0 spiro atoms. The summed E-state index contributed by atoms with van der Waals surface area (Å²) in [5.74, 6) is 2.04. The summed E-state index contributed by atoms with van der Waals surface area (Å²) < 4.78 is 5.20. The van der Waals surface area contributed by atoms with Gasteiger partial charge in [-0.1, -0.05) is 0 Å². The molecule has 0 aliphatic carbocycles. The number of carbonyl (C=O) groups is 1. The minimum atomic E-state index is -0.310.